The summed E-state index contributed by atoms with van der Waals surface area (Å²) in [7, 11) is 0. The maximum Gasteiger partial charge on any atom is 0.251 e. The van der Waals surface area contributed by atoms with E-state index in [1.165, 1.54) is 37.5 Å². The highest BCUT2D eigenvalue weighted by molar-refractivity contribution is 7.10. The van der Waals surface area contributed by atoms with Crippen molar-refractivity contribution in [2.45, 2.75) is 38.6 Å². The van der Waals surface area contributed by atoms with Gasteiger partial charge in [0.25, 0.3) is 5.91 Å². The normalized spacial score (nSPS) is 15.9. The molecule has 1 atom stereocenters. The lowest BCUT2D eigenvalue weighted by atomic mass is 9.96. The standard InChI is InChI=1S/C19H22N2O2S/c1-13(22)20-16-10-8-15(9-11-16)19(23)21-18(14-5-2-3-6-14)17-7-4-12-24-17/h4,7-12,14,18H,2-3,5-6H2,1H3,(H,20,22)(H,21,23). The summed E-state index contributed by atoms with van der Waals surface area (Å²) in [5, 5.41) is 7.99. The number of amides is 2. The molecule has 126 valence electrons. The Morgan fingerprint density at radius 3 is 2.42 bits per heavy atom. The highest BCUT2D eigenvalue weighted by Crippen LogP contribution is 2.37. The quantitative estimate of drug-likeness (QED) is 0.848. The summed E-state index contributed by atoms with van der Waals surface area (Å²) in [6.45, 7) is 1.47. The topological polar surface area (TPSA) is 58.2 Å². The van der Waals surface area contributed by atoms with Crippen molar-refractivity contribution in [2.75, 3.05) is 5.32 Å². The average Bonchev–Trinajstić information content (AvgIpc) is 3.26. The fourth-order valence-corrected chi connectivity index (χ4v) is 4.18. The number of hydrogen-bond acceptors (Lipinski definition) is 3. The molecule has 1 unspecified atom stereocenters. The van der Waals surface area contributed by atoms with Crippen molar-refractivity contribution >= 4 is 28.8 Å². The molecule has 0 saturated heterocycles. The molecule has 1 fully saturated rings. The van der Waals surface area contributed by atoms with Crippen LogP contribution in [0.3, 0.4) is 0 Å². The Morgan fingerprint density at radius 2 is 1.83 bits per heavy atom. The molecule has 0 radical (unpaired) electrons. The molecule has 1 aliphatic rings. The van der Waals surface area contributed by atoms with Gasteiger partial charge in [-0.3, -0.25) is 9.59 Å². The third-order valence-corrected chi connectivity index (χ3v) is 5.43. The molecule has 0 bridgehead atoms. The molecule has 1 heterocycles. The minimum Gasteiger partial charge on any atom is -0.344 e. The number of rotatable bonds is 5. The number of benzene rings is 1. The van der Waals surface area contributed by atoms with Crippen LogP contribution in [0.4, 0.5) is 5.69 Å². The molecule has 0 spiro atoms. The van der Waals surface area contributed by atoms with Crippen LogP contribution >= 0.6 is 11.3 Å². The molecule has 1 aliphatic carbocycles. The van der Waals surface area contributed by atoms with Crippen molar-refractivity contribution in [1.82, 2.24) is 5.32 Å². The highest BCUT2D eigenvalue weighted by Gasteiger charge is 2.28. The predicted molar refractivity (Wildman–Crippen MR) is 97.2 cm³/mol. The molecule has 0 aliphatic heterocycles. The van der Waals surface area contributed by atoms with Crippen molar-refractivity contribution < 1.29 is 9.59 Å². The fraction of sp³-hybridized carbons (Fsp3) is 0.368. The first-order valence-corrected chi connectivity index (χ1v) is 9.23. The Bertz CT molecular complexity index is 689. The maximum atomic E-state index is 12.6. The van der Waals surface area contributed by atoms with E-state index in [9.17, 15) is 9.59 Å². The van der Waals surface area contributed by atoms with Crippen LogP contribution in [0.2, 0.25) is 0 Å². The number of anilines is 1. The monoisotopic (exact) mass is 342 g/mol. The van der Waals surface area contributed by atoms with Crippen molar-refractivity contribution in [3.8, 4) is 0 Å². The van der Waals surface area contributed by atoms with Gasteiger partial charge in [0.05, 0.1) is 6.04 Å². The van der Waals surface area contributed by atoms with Crippen LogP contribution in [0.1, 0.15) is 53.9 Å². The molecule has 3 rings (SSSR count). The molecular formula is C19H22N2O2S. The maximum absolute atomic E-state index is 12.6. The van der Waals surface area contributed by atoms with E-state index in [-0.39, 0.29) is 17.9 Å². The van der Waals surface area contributed by atoms with E-state index in [1.807, 2.05) is 6.07 Å². The molecule has 5 heteroatoms. The van der Waals surface area contributed by atoms with Crippen molar-refractivity contribution in [3.05, 3.63) is 52.2 Å². The van der Waals surface area contributed by atoms with E-state index in [2.05, 4.69) is 22.1 Å². The first-order chi connectivity index (χ1) is 11.6. The van der Waals surface area contributed by atoms with Crippen LogP contribution in [0, 0.1) is 5.92 Å². The summed E-state index contributed by atoms with van der Waals surface area (Å²) < 4.78 is 0. The lowest BCUT2D eigenvalue weighted by molar-refractivity contribution is -0.114. The number of hydrogen-bond donors (Lipinski definition) is 2. The van der Waals surface area contributed by atoms with E-state index in [1.54, 1.807) is 35.6 Å². The van der Waals surface area contributed by atoms with Gasteiger partial charge in [0, 0.05) is 23.1 Å². The molecule has 1 aromatic heterocycles. The van der Waals surface area contributed by atoms with Crippen LogP contribution in [-0.4, -0.2) is 11.8 Å². The molecule has 4 nitrogen and oxygen atoms in total. The van der Waals surface area contributed by atoms with Gasteiger partial charge in [-0.2, -0.15) is 0 Å². The summed E-state index contributed by atoms with van der Waals surface area (Å²) in [5.41, 5.74) is 1.31. The van der Waals surface area contributed by atoms with Crippen LogP contribution in [-0.2, 0) is 4.79 Å². The smallest absolute Gasteiger partial charge is 0.251 e. The first kappa shape index (κ1) is 16.7. The Kier molecular flexibility index (Phi) is 5.30. The second-order valence-electron chi connectivity index (χ2n) is 6.27. The van der Waals surface area contributed by atoms with Gasteiger partial charge in [-0.05, 0) is 54.5 Å². The largest absolute Gasteiger partial charge is 0.344 e. The lowest BCUT2D eigenvalue weighted by Crippen LogP contribution is -2.32. The summed E-state index contributed by atoms with van der Waals surface area (Å²) in [4.78, 5) is 24.9. The molecule has 2 amide bonds. The summed E-state index contributed by atoms with van der Waals surface area (Å²) >= 11 is 1.70. The average molecular weight is 342 g/mol. The van der Waals surface area contributed by atoms with E-state index in [4.69, 9.17) is 0 Å². The fourth-order valence-electron chi connectivity index (χ4n) is 3.31. The van der Waals surface area contributed by atoms with E-state index < -0.39 is 0 Å². The van der Waals surface area contributed by atoms with Crippen molar-refractivity contribution in [3.63, 3.8) is 0 Å². The molecular weight excluding hydrogens is 320 g/mol. The van der Waals surface area contributed by atoms with E-state index in [0.717, 1.165) is 0 Å². The highest BCUT2D eigenvalue weighted by atomic mass is 32.1. The second-order valence-corrected chi connectivity index (χ2v) is 7.25. The van der Waals surface area contributed by atoms with Gasteiger partial charge >= 0.3 is 0 Å². The lowest BCUT2D eigenvalue weighted by Gasteiger charge is -2.24. The van der Waals surface area contributed by atoms with Gasteiger partial charge < -0.3 is 10.6 Å². The molecule has 24 heavy (non-hydrogen) atoms. The molecule has 2 aromatic rings. The third kappa shape index (κ3) is 4.03. The molecule has 2 N–H and O–H groups in total. The minimum atomic E-state index is -0.119. The minimum absolute atomic E-state index is 0.0605. The Labute approximate surface area is 146 Å². The van der Waals surface area contributed by atoms with E-state index >= 15 is 0 Å². The first-order valence-electron chi connectivity index (χ1n) is 8.35. The van der Waals surface area contributed by atoms with Crippen molar-refractivity contribution in [1.29, 1.82) is 0 Å². The number of carbonyl (C=O) groups is 2. The zero-order valence-corrected chi connectivity index (χ0v) is 14.6. The molecule has 1 aromatic carbocycles. The van der Waals surface area contributed by atoms with Gasteiger partial charge in [0.1, 0.15) is 0 Å². The summed E-state index contributed by atoms with van der Waals surface area (Å²) in [6.07, 6.45) is 4.83. The zero-order chi connectivity index (χ0) is 16.9. The van der Waals surface area contributed by atoms with Crippen molar-refractivity contribution in [2.24, 2.45) is 5.92 Å². The van der Waals surface area contributed by atoms with Gasteiger partial charge in [0.15, 0.2) is 0 Å². The summed E-state index contributed by atoms with van der Waals surface area (Å²) in [5.74, 6) is 0.340. The SMILES string of the molecule is CC(=O)Nc1ccc(C(=O)NC(c2cccs2)C2CCCC2)cc1. The Balaban J connectivity index is 1.72. The van der Waals surface area contributed by atoms with Crippen LogP contribution in [0.25, 0.3) is 0 Å². The zero-order valence-electron chi connectivity index (χ0n) is 13.7. The number of nitrogens with one attached hydrogen (secondary N) is 2. The van der Waals surface area contributed by atoms with Gasteiger partial charge in [0.2, 0.25) is 5.91 Å². The van der Waals surface area contributed by atoms with Crippen LogP contribution < -0.4 is 10.6 Å². The van der Waals surface area contributed by atoms with Gasteiger partial charge in [-0.25, -0.2) is 0 Å². The van der Waals surface area contributed by atoms with Gasteiger partial charge in [-0.1, -0.05) is 18.9 Å². The molecule has 1 saturated carbocycles. The van der Waals surface area contributed by atoms with E-state index in [0.29, 0.717) is 17.2 Å². The van der Waals surface area contributed by atoms with Crippen LogP contribution in [0.15, 0.2) is 41.8 Å². The Morgan fingerprint density at radius 1 is 1.12 bits per heavy atom. The van der Waals surface area contributed by atoms with Crippen LogP contribution in [0.5, 0.6) is 0 Å². The number of carbonyl (C=O) groups excluding carboxylic acids is 2. The predicted octanol–water partition coefficient (Wildman–Crippen LogP) is 4.37. The summed E-state index contributed by atoms with van der Waals surface area (Å²) in [6, 6.07) is 11.2. The Hall–Kier alpha value is -2.14. The second kappa shape index (κ2) is 7.62. The number of thiophene rings is 1. The third-order valence-electron chi connectivity index (χ3n) is 4.47. The van der Waals surface area contributed by atoms with Gasteiger partial charge in [-0.15, -0.1) is 11.3 Å².